The van der Waals surface area contributed by atoms with Crippen LogP contribution >= 0.6 is 0 Å². The van der Waals surface area contributed by atoms with E-state index < -0.39 is 0 Å². The van der Waals surface area contributed by atoms with Gasteiger partial charge < -0.3 is 15.2 Å². The van der Waals surface area contributed by atoms with Gasteiger partial charge in [-0.05, 0) is 32.4 Å². The molecule has 1 aliphatic rings. The highest BCUT2D eigenvalue weighted by Crippen LogP contribution is 2.19. The molecular formula is C14H24N4O. The van der Waals surface area contributed by atoms with Gasteiger partial charge in [0.05, 0.1) is 0 Å². The Bertz CT molecular complexity index is 461. The molecule has 0 spiro atoms. The molecule has 0 saturated carbocycles. The van der Waals surface area contributed by atoms with Gasteiger partial charge >= 0.3 is 0 Å². The van der Waals surface area contributed by atoms with Crippen molar-refractivity contribution in [1.29, 1.82) is 0 Å². The Morgan fingerprint density at radius 3 is 2.89 bits per heavy atom. The summed E-state index contributed by atoms with van der Waals surface area (Å²) in [5.74, 6) is 1.79. The summed E-state index contributed by atoms with van der Waals surface area (Å²) in [4.78, 5) is 21.3. The molecule has 106 valence electrons. The van der Waals surface area contributed by atoms with Crippen LogP contribution in [0.25, 0.3) is 0 Å². The molecule has 5 nitrogen and oxygen atoms in total. The summed E-state index contributed by atoms with van der Waals surface area (Å²) in [6, 6.07) is 2.06. The Morgan fingerprint density at radius 1 is 1.37 bits per heavy atom. The number of nitrogens with zero attached hydrogens (tertiary/aromatic N) is 2. The van der Waals surface area contributed by atoms with Gasteiger partial charge in [0, 0.05) is 25.1 Å². The molecule has 1 unspecified atom stereocenters. The summed E-state index contributed by atoms with van der Waals surface area (Å²) < 4.78 is 0. The highest BCUT2D eigenvalue weighted by molar-refractivity contribution is 5.38. The maximum atomic E-state index is 11.7. The van der Waals surface area contributed by atoms with Crippen LogP contribution in [0.3, 0.4) is 0 Å². The summed E-state index contributed by atoms with van der Waals surface area (Å²) >= 11 is 0. The second-order valence-electron chi connectivity index (χ2n) is 5.59. The van der Waals surface area contributed by atoms with E-state index in [4.69, 9.17) is 0 Å². The molecule has 1 aromatic heterocycles. The number of anilines is 1. The van der Waals surface area contributed by atoms with E-state index in [9.17, 15) is 4.79 Å². The minimum Gasteiger partial charge on any atom is -0.356 e. The van der Waals surface area contributed by atoms with Gasteiger partial charge in [0.25, 0.3) is 5.56 Å². The van der Waals surface area contributed by atoms with Crippen LogP contribution < -0.4 is 15.8 Å². The Hall–Kier alpha value is -1.36. The summed E-state index contributed by atoms with van der Waals surface area (Å²) in [5.41, 5.74) is -0.0627. The van der Waals surface area contributed by atoms with E-state index in [2.05, 4.69) is 20.2 Å². The van der Waals surface area contributed by atoms with Crippen molar-refractivity contribution in [2.75, 3.05) is 25.0 Å². The normalized spacial score (nSPS) is 20.3. The van der Waals surface area contributed by atoms with E-state index in [-0.39, 0.29) is 11.5 Å². The fraction of sp³-hybridized carbons (Fsp3) is 0.714. The second kappa shape index (κ2) is 6.19. The van der Waals surface area contributed by atoms with Crippen LogP contribution in [-0.4, -0.2) is 36.1 Å². The molecule has 0 aromatic carbocycles. The lowest BCUT2D eigenvalue weighted by atomic mass is 10.1. The quantitative estimate of drug-likeness (QED) is 0.868. The third kappa shape index (κ3) is 3.56. The van der Waals surface area contributed by atoms with E-state index in [0.29, 0.717) is 6.04 Å². The number of aromatic nitrogens is 2. The van der Waals surface area contributed by atoms with Crippen molar-refractivity contribution in [3.63, 3.8) is 0 Å². The molecule has 1 saturated heterocycles. The van der Waals surface area contributed by atoms with Crippen molar-refractivity contribution in [2.45, 2.75) is 45.1 Å². The van der Waals surface area contributed by atoms with Crippen molar-refractivity contribution in [3.8, 4) is 0 Å². The van der Waals surface area contributed by atoms with Crippen LogP contribution in [0.1, 0.15) is 44.9 Å². The number of nitrogens with one attached hydrogen (secondary N) is 2. The van der Waals surface area contributed by atoms with Gasteiger partial charge in [-0.1, -0.05) is 13.8 Å². The zero-order chi connectivity index (χ0) is 13.8. The number of hydrogen-bond acceptors (Lipinski definition) is 4. The molecule has 0 bridgehead atoms. The third-order valence-corrected chi connectivity index (χ3v) is 3.75. The Kier molecular flexibility index (Phi) is 4.58. The Morgan fingerprint density at radius 2 is 2.16 bits per heavy atom. The van der Waals surface area contributed by atoms with Crippen LogP contribution in [0.2, 0.25) is 0 Å². The standard InChI is InChI=1S/C14H24N4O/c1-10(2)14-16-12(9-13(19)17-14)18(3)11-5-4-7-15-8-6-11/h9-11,15H,4-8H2,1-3H3,(H,16,17,19). The third-order valence-electron chi connectivity index (χ3n) is 3.75. The highest BCUT2D eigenvalue weighted by Gasteiger charge is 2.19. The van der Waals surface area contributed by atoms with Gasteiger partial charge in [-0.2, -0.15) is 0 Å². The minimum atomic E-state index is -0.0627. The van der Waals surface area contributed by atoms with E-state index in [1.165, 1.54) is 6.42 Å². The van der Waals surface area contributed by atoms with Gasteiger partial charge in [-0.25, -0.2) is 4.98 Å². The van der Waals surface area contributed by atoms with Crippen molar-refractivity contribution in [2.24, 2.45) is 0 Å². The molecule has 1 aliphatic heterocycles. The molecule has 1 atom stereocenters. The van der Waals surface area contributed by atoms with Crippen molar-refractivity contribution in [1.82, 2.24) is 15.3 Å². The van der Waals surface area contributed by atoms with Crippen LogP contribution in [-0.2, 0) is 0 Å². The molecule has 2 N–H and O–H groups in total. The van der Waals surface area contributed by atoms with E-state index in [1.807, 2.05) is 20.9 Å². The Balaban J connectivity index is 2.22. The summed E-state index contributed by atoms with van der Waals surface area (Å²) in [6.45, 7) is 6.20. The first-order chi connectivity index (χ1) is 9.08. The lowest BCUT2D eigenvalue weighted by Gasteiger charge is -2.28. The predicted molar refractivity (Wildman–Crippen MR) is 77.9 cm³/mol. The molecule has 1 fully saturated rings. The maximum Gasteiger partial charge on any atom is 0.252 e. The van der Waals surface area contributed by atoms with Gasteiger partial charge in [-0.3, -0.25) is 4.79 Å². The van der Waals surface area contributed by atoms with Gasteiger partial charge in [0.2, 0.25) is 0 Å². The van der Waals surface area contributed by atoms with E-state index in [1.54, 1.807) is 6.07 Å². The molecule has 1 aromatic rings. The van der Waals surface area contributed by atoms with Crippen LogP contribution in [0.4, 0.5) is 5.82 Å². The molecule has 19 heavy (non-hydrogen) atoms. The van der Waals surface area contributed by atoms with Gasteiger partial charge in [-0.15, -0.1) is 0 Å². The fourth-order valence-corrected chi connectivity index (χ4v) is 2.49. The zero-order valence-corrected chi connectivity index (χ0v) is 12.1. The molecule has 0 radical (unpaired) electrons. The van der Waals surface area contributed by atoms with E-state index >= 15 is 0 Å². The minimum absolute atomic E-state index is 0.0627. The van der Waals surface area contributed by atoms with Gasteiger partial charge in [0.1, 0.15) is 11.6 Å². The first kappa shape index (κ1) is 14.1. The molecule has 2 heterocycles. The summed E-state index contributed by atoms with van der Waals surface area (Å²) in [5, 5.41) is 3.41. The monoisotopic (exact) mass is 264 g/mol. The predicted octanol–water partition coefficient (Wildman–Crippen LogP) is 1.47. The van der Waals surface area contributed by atoms with Crippen LogP contribution in [0, 0.1) is 0 Å². The van der Waals surface area contributed by atoms with E-state index in [0.717, 1.165) is 37.6 Å². The first-order valence-corrected chi connectivity index (χ1v) is 7.12. The average molecular weight is 264 g/mol. The maximum absolute atomic E-state index is 11.7. The topological polar surface area (TPSA) is 61.0 Å². The number of aromatic amines is 1. The Labute approximate surface area is 114 Å². The lowest BCUT2D eigenvalue weighted by molar-refractivity contribution is 0.560. The molecule has 2 rings (SSSR count). The smallest absolute Gasteiger partial charge is 0.252 e. The van der Waals surface area contributed by atoms with Crippen molar-refractivity contribution >= 4 is 5.82 Å². The molecule has 0 aliphatic carbocycles. The second-order valence-corrected chi connectivity index (χ2v) is 5.59. The lowest BCUT2D eigenvalue weighted by Crippen LogP contribution is -2.34. The summed E-state index contributed by atoms with van der Waals surface area (Å²) in [7, 11) is 2.04. The van der Waals surface area contributed by atoms with Crippen molar-refractivity contribution in [3.05, 3.63) is 22.2 Å². The largest absolute Gasteiger partial charge is 0.356 e. The van der Waals surface area contributed by atoms with Gasteiger partial charge in [0.15, 0.2) is 0 Å². The first-order valence-electron chi connectivity index (χ1n) is 7.12. The van der Waals surface area contributed by atoms with Crippen molar-refractivity contribution < 1.29 is 0 Å². The number of H-pyrrole nitrogens is 1. The summed E-state index contributed by atoms with van der Waals surface area (Å²) in [6.07, 6.45) is 3.42. The fourth-order valence-electron chi connectivity index (χ4n) is 2.49. The van der Waals surface area contributed by atoms with Crippen LogP contribution in [0.5, 0.6) is 0 Å². The number of hydrogen-bond donors (Lipinski definition) is 2. The number of rotatable bonds is 3. The SMILES string of the molecule is CC(C)c1nc(N(C)C2CCCNCC2)cc(=O)[nH]1. The average Bonchev–Trinajstić information content (AvgIpc) is 2.65. The van der Waals surface area contributed by atoms with Crippen LogP contribution in [0.15, 0.2) is 10.9 Å². The molecule has 5 heteroatoms. The molecular weight excluding hydrogens is 240 g/mol. The zero-order valence-electron chi connectivity index (χ0n) is 12.1. The molecule has 0 amide bonds. The highest BCUT2D eigenvalue weighted by atomic mass is 16.1.